The van der Waals surface area contributed by atoms with Crippen LogP contribution in [0.2, 0.25) is 0 Å². The third-order valence-corrected chi connectivity index (χ3v) is 6.28. The summed E-state index contributed by atoms with van der Waals surface area (Å²) < 4.78 is 0. The van der Waals surface area contributed by atoms with Crippen LogP contribution in [0.5, 0.6) is 0 Å². The van der Waals surface area contributed by atoms with Gasteiger partial charge in [-0.05, 0) is 51.6 Å². The molecule has 3 nitrogen and oxygen atoms in total. The second-order valence-electron chi connectivity index (χ2n) is 7.17. The normalized spacial score (nSPS) is 15.8. The van der Waals surface area contributed by atoms with Crippen LogP contribution in [-0.4, -0.2) is 12.6 Å². The summed E-state index contributed by atoms with van der Waals surface area (Å²) in [5, 5.41) is 12.9. The predicted molar refractivity (Wildman–Crippen MR) is 109 cm³/mol. The average Bonchev–Trinajstić information content (AvgIpc) is 3.37. The summed E-state index contributed by atoms with van der Waals surface area (Å²) >= 11 is 1.74. The van der Waals surface area contributed by atoms with Crippen molar-refractivity contribution in [2.45, 2.75) is 37.6 Å². The van der Waals surface area contributed by atoms with Gasteiger partial charge in [-0.15, -0.1) is 0 Å². The Morgan fingerprint density at radius 1 is 1.00 bits per heavy atom. The smallest absolute Gasteiger partial charge is 0.315 e. The lowest BCUT2D eigenvalue weighted by atomic mass is 9.80. The van der Waals surface area contributed by atoms with Crippen LogP contribution in [0.3, 0.4) is 0 Å². The van der Waals surface area contributed by atoms with E-state index in [4.69, 9.17) is 0 Å². The van der Waals surface area contributed by atoms with Gasteiger partial charge in [0, 0.05) is 18.5 Å². The van der Waals surface area contributed by atoms with E-state index in [9.17, 15) is 4.79 Å². The Labute approximate surface area is 158 Å². The van der Waals surface area contributed by atoms with Crippen molar-refractivity contribution in [2.75, 3.05) is 6.54 Å². The van der Waals surface area contributed by atoms with Crippen LogP contribution in [0.1, 0.15) is 36.8 Å². The lowest BCUT2D eigenvalue weighted by Crippen LogP contribution is -2.43. The number of thiophene rings is 1. The fourth-order valence-electron chi connectivity index (χ4n) is 4.12. The number of benzene rings is 2. The van der Waals surface area contributed by atoms with E-state index in [2.05, 4.69) is 51.7 Å². The van der Waals surface area contributed by atoms with Crippen molar-refractivity contribution >= 4 is 28.1 Å². The van der Waals surface area contributed by atoms with Crippen molar-refractivity contribution in [2.24, 2.45) is 0 Å². The molecular formula is C22H24N2OS. The number of rotatable bonds is 5. The first-order chi connectivity index (χ1) is 12.8. The average molecular weight is 365 g/mol. The van der Waals surface area contributed by atoms with Crippen LogP contribution in [0.4, 0.5) is 4.79 Å². The maximum Gasteiger partial charge on any atom is 0.315 e. The highest BCUT2D eigenvalue weighted by atomic mass is 32.1. The number of hydrogen-bond donors (Lipinski definition) is 2. The molecule has 0 aliphatic heterocycles. The van der Waals surface area contributed by atoms with Crippen molar-refractivity contribution in [3.63, 3.8) is 0 Å². The topological polar surface area (TPSA) is 41.1 Å². The fourth-order valence-corrected chi connectivity index (χ4v) is 4.90. The van der Waals surface area contributed by atoms with E-state index in [1.54, 1.807) is 11.3 Å². The maximum atomic E-state index is 12.4. The lowest BCUT2D eigenvalue weighted by Gasteiger charge is -2.28. The molecule has 0 spiro atoms. The summed E-state index contributed by atoms with van der Waals surface area (Å²) in [6.07, 6.45) is 4.81. The summed E-state index contributed by atoms with van der Waals surface area (Å²) in [6.45, 7) is 1.25. The molecule has 1 heterocycles. The molecule has 0 unspecified atom stereocenters. The molecule has 1 aromatic heterocycles. The Bertz CT molecular complexity index is 877. The zero-order chi connectivity index (χ0) is 17.8. The number of urea groups is 1. The van der Waals surface area contributed by atoms with Gasteiger partial charge in [-0.2, -0.15) is 11.3 Å². The molecule has 0 saturated heterocycles. The highest BCUT2D eigenvalue weighted by Crippen LogP contribution is 2.41. The van der Waals surface area contributed by atoms with Gasteiger partial charge in [0.25, 0.3) is 0 Å². The molecule has 2 aromatic carbocycles. The Balaban J connectivity index is 1.38. The van der Waals surface area contributed by atoms with Crippen LogP contribution >= 0.6 is 11.3 Å². The minimum absolute atomic E-state index is 0.0839. The number of hydrogen-bond acceptors (Lipinski definition) is 2. The molecule has 2 N–H and O–H groups in total. The molecule has 1 aliphatic rings. The van der Waals surface area contributed by atoms with E-state index in [1.165, 1.54) is 29.2 Å². The van der Waals surface area contributed by atoms with Gasteiger partial charge < -0.3 is 10.6 Å². The van der Waals surface area contributed by atoms with Crippen molar-refractivity contribution < 1.29 is 4.79 Å². The first kappa shape index (κ1) is 17.1. The van der Waals surface area contributed by atoms with Gasteiger partial charge >= 0.3 is 6.03 Å². The highest BCUT2D eigenvalue weighted by Gasteiger charge is 2.36. The van der Waals surface area contributed by atoms with Crippen molar-refractivity contribution in [1.29, 1.82) is 0 Å². The third kappa shape index (κ3) is 3.47. The number of carbonyl (C=O) groups is 1. The number of amides is 2. The molecule has 1 saturated carbocycles. The summed E-state index contributed by atoms with van der Waals surface area (Å²) in [6, 6.07) is 16.6. The van der Waals surface area contributed by atoms with Crippen LogP contribution in [0.25, 0.3) is 10.8 Å². The van der Waals surface area contributed by atoms with Gasteiger partial charge in [-0.3, -0.25) is 0 Å². The zero-order valence-corrected chi connectivity index (χ0v) is 15.6. The molecule has 0 bridgehead atoms. The van der Waals surface area contributed by atoms with E-state index in [1.807, 2.05) is 18.2 Å². The van der Waals surface area contributed by atoms with Crippen LogP contribution in [0.15, 0.2) is 59.3 Å². The molecule has 0 radical (unpaired) electrons. The highest BCUT2D eigenvalue weighted by molar-refractivity contribution is 7.08. The van der Waals surface area contributed by atoms with Gasteiger partial charge in [-0.25, -0.2) is 4.79 Å². The van der Waals surface area contributed by atoms with Crippen LogP contribution < -0.4 is 10.6 Å². The Kier molecular flexibility index (Phi) is 4.93. The van der Waals surface area contributed by atoms with Crippen molar-refractivity contribution in [3.8, 4) is 0 Å². The molecule has 4 heteroatoms. The van der Waals surface area contributed by atoms with Crippen LogP contribution in [-0.2, 0) is 12.0 Å². The molecule has 2 amide bonds. The Morgan fingerprint density at radius 2 is 1.81 bits per heavy atom. The SMILES string of the molecule is O=C(NCc1cccc2ccccc12)NCC1(c2ccsc2)CCCC1. The molecule has 0 atom stereocenters. The largest absolute Gasteiger partial charge is 0.337 e. The molecule has 1 aliphatic carbocycles. The summed E-state index contributed by atoms with van der Waals surface area (Å²) in [5.41, 5.74) is 2.65. The van der Waals surface area contributed by atoms with E-state index in [0.29, 0.717) is 13.1 Å². The van der Waals surface area contributed by atoms with Gasteiger partial charge in [0.15, 0.2) is 0 Å². The van der Waals surface area contributed by atoms with E-state index in [-0.39, 0.29) is 11.4 Å². The van der Waals surface area contributed by atoms with E-state index < -0.39 is 0 Å². The number of fused-ring (bicyclic) bond motifs is 1. The standard InChI is InChI=1S/C22H24N2OS/c25-21(23-14-18-8-5-7-17-6-1-2-9-20(17)18)24-16-22(11-3-4-12-22)19-10-13-26-15-19/h1-2,5-10,13,15H,3-4,11-12,14,16H2,(H2,23,24,25). The summed E-state index contributed by atoms with van der Waals surface area (Å²) in [4.78, 5) is 12.4. The second kappa shape index (κ2) is 7.50. The minimum atomic E-state index is -0.0839. The van der Waals surface area contributed by atoms with Crippen molar-refractivity contribution in [1.82, 2.24) is 10.6 Å². The summed E-state index contributed by atoms with van der Waals surface area (Å²) in [5.74, 6) is 0. The number of carbonyl (C=O) groups excluding carboxylic acids is 1. The maximum absolute atomic E-state index is 12.4. The molecule has 3 aromatic rings. The zero-order valence-electron chi connectivity index (χ0n) is 14.8. The molecule has 26 heavy (non-hydrogen) atoms. The number of nitrogens with one attached hydrogen (secondary N) is 2. The third-order valence-electron chi connectivity index (χ3n) is 5.60. The van der Waals surface area contributed by atoms with Gasteiger partial charge in [0.1, 0.15) is 0 Å². The lowest BCUT2D eigenvalue weighted by molar-refractivity contribution is 0.236. The first-order valence-electron chi connectivity index (χ1n) is 9.28. The quantitative estimate of drug-likeness (QED) is 0.641. The summed E-state index contributed by atoms with van der Waals surface area (Å²) in [7, 11) is 0. The molecule has 134 valence electrons. The van der Waals surface area contributed by atoms with Gasteiger partial charge in [0.05, 0.1) is 0 Å². The van der Waals surface area contributed by atoms with Gasteiger partial charge in [0.2, 0.25) is 0 Å². The Hall–Kier alpha value is -2.33. The van der Waals surface area contributed by atoms with Crippen LogP contribution in [0, 0.1) is 0 Å². The first-order valence-corrected chi connectivity index (χ1v) is 10.2. The van der Waals surface area contributed by atoms with E-state index in [0.717, 1.165) is 18.4 Å². The minimum Gasteiger partial charge on any atom is -0.337 e. The van der Waals surface area contributed by atoms with E-state index >= 15 is 0 Å². The Morgan fingerprint density at radius 3 is 2.62 bits per heavy atom. The molecular weight excluding hydrogens is 340 g/mol. The fraction of sp³-hybridized carbons (Fsp3) is 0.318. The van der Waals surface area contributed by atoms with Gasteiger partial charge in [-0.1, -0.05) is 55.3 Å². The molecule has 4 rings (SSSR count). The monoisotopic (exact) mass is 364 g/mol. The molecule has 1 fully saturated rings. The predicted octanol–water partition coefficient (Wildman–Crippen LogP) is 5.21. The second-order valence-corrected chi connectivity index (χ2v) is 7.95. The van der Waals surface area contributed by atoms with Crippen molar-refractivity contribution in [3.05, 3.63) is 70.4 Å².